The van der Waals surface area contributed by atoms with E-state index in [4.69, 9.17) is 16.7 Å². The Hall–Kier alpha value is -3.12. The van der Waals surface area contributed by atoms with Gasteiger partial charge < -0.3 is 27.4 Å². The van der Waals surface area contributed by atoms with Crippen LogP contribution in [0.25, 0.3) is 0 Å². The van der Waals surface area contributed by atoms with Crippen molar-refractivity contribution in [2.24, 2.45) is 16.5 Å². The van der Waals surface area contributed by atoms with Crippen LogP contribution in [0.4, 0.5) is 5.69 Å². The number of aryl methyl sites for hydroxylation is 1. The summed E-state index contributed by atoms with van der Waals surface area (Å²) in [7, 11) is 0. The number of hydrogen-bond acceptors (Lipinski definition) is 5. The minimum Gasteiger partial charge on any atom is -0.370 e. The second-order valence-corrected chi connectivity index (χ2v) is 6.70. The zero-order valence-electron chi connectivity index (χ0n) is 16.9. The molecule has 0 aliphatic heterocycles. The number of benzene rings is 1. The fourth-order valence-corrected chi connectivity index (χ4v) is 2.51. The highest BCUT2D eigenvalue weighted by atomic mass is 16.2. The number of carbonyl (C=O) groups excluding carboxylic acids is 2. The molecule has 0 saturated carbocycles. The van der Waals surface area contributed by atoms with Crippen molar-refractivity contribution in [1.29, 1.82) is 5.26 Å². The predicted octanol–water partition coefficient (Wildman–Crippen LogP) is 0.428. The van der Waals surface area contributed by atoms with Crippen LogP contribution in [0.2, 0.25) is 0 Å². The van der Waals surface area contributed by atoms with Crippen molar-refractivity contribution < 1.29 is 9.59 Å². The van der Waals surface area contributed by atoms with Gasteiger partial charge in [-0.25, -0.2) is 4.99 Å². The number of guanidine groups is 1. The molecule has 1 unspecified atom stereocenters. The highest BCUT2D eigenvalue weighted by Gasteiger charge is 2.05. The smallest absolute Gasteiger partial charge is 0.239 e. The molecule has 2 amide bonds. The first-order valence-corrected chi connectivity index (χ1v) is 9.75. The molecule has 0 spiro atoms. The Morgan fingerprint density at radius 1 is 1.07 bits per heavy atom. The number of unbranched alkanes of at least 4 members (excludes halogenated alkanes) is 1. The highest BCUT2D eigenvalue weighted by molar-refractivity contribution is 5.84. The Balaban J connectivity index is 2.09. The standard InChI is InChI=1S/C20H31N7O2/c1-15(13-21)24-11-2-3-12-25-19(29)14-26-18(28)6-4-5-16-7-9-17(10-8-16)27-20(22)23/h7-10,15,24H,2-6,11-12,14H2,1H3,(H,25,29)(H,26,28)(H4,22,23,27). The largest absolute Gasteiger partial charge is 0.370 e. The van der Waals surface area contributed by atoms with E-state index in [-0.39, 0.29) is 30.4 Å². The van der Waals surface area contributed by atoms with Crippen molar-refractivity contribution in [2.75, 3.05) is 19.6 Å². The van der Waals surface area contributed by atoms with Gasteiger partial charge in [0.15, 0.2) is 5.96 Å². The van der Waals surface area contributed by atoms with Crippen molar-refractivity contribution in [3.63, 3.8) is 0 Å². The molecule has 29 heavy (non-hydrogen) atoms. The second-order valence-electron chi connectivity index (χ2n) is 6.70. The van der Waals surface area contributed by atoms with Crippen LogP contribution in [0, 0.1) is 11.3 Å². The summed E-state index contributed by atoms with van der Waals surface area (Å²) in [5.74, 6) is -0.334. The number of nitrogens with one attached hydrogen (secondary N) is 3. The molecule has 158 valence electrons. The molecule has 0 aliphatic rings. The first-order valence-electron chi connectivity index (χ1n) is 9.75. The van der Waals surface area contributed by atoms with Gasteiger partial charge >= 0.3 is 0 Å². The van der Waals surface area contributed by atoms with Crippen LogP contribution in [-0.4, -0.2) is 43.5 Å². The van der Waals surface area contributed by atoms with Gasteiger partial charge in [0.1, 0.15) is 0 Å². The summed E-state index contributed by atoms with van der Waals surface area (Å²) >= 11 is 0. The van der Waals surface area contributed by atoms with E-state index in [1.165, 1.54) is 0 Å². The number of rotatable bonds is 13. The molecule has 0 fully saturated rings. The number of aliphatic imine (C=N–C) groups is 1. The van der Waals surface area contributed by atoms with Crippen LogP contribution in [0.5, 0.6) is 0 Å². The Kier molecular flexibility index (Phi) is 11.5. The molecule has 9 heteroatoms. The molecule has 0 radical (unpaired) electrons. The number of amides is 2. The van der Waals surface area contributed by atoms with Crippen molar-refractivity contribution in [2.45, 2.75) is 45.1 Å². The van der Waals surface area contributed by atoms with Gasteiger partial charge in [0.25, 0.3) is 0 Å². The Labute approximate surface area is 171 Å². The molecule has 1 aromatic rings. The lowest BCUT2D eigenvalue weighted by molar-refractivity contribution is -0.126. The lowest BCUT2D eigenvalue weighted by Crippen LogP contribution is -2.37. The summed E-state index contributed by atoms with van der Waals surface area (Å²) in [6.07, 6.45) is 3.47. The molecule has 1 aromatic carbocycles. The topological polar surface area (TPSA) is 158 Å². The monoisotopic (exact) mass is 401 g/mol. The molecule has 0 aromatic heterocycles. The first kappa shape index (κ1) is 23.9. The van der Waals surface area contributed by atoms with Gasteiger partial charge in [0.2, 0.25) is 11.8 Å². The zero-order chi connectivity index (χ0) is 21.5. The zero-order valence-corrected chi connectivity index (χ0v) is 16.9. The van der Waals surface area contributed by atoms with Crippen molar-refractivity contribution in [1.82, 2.24) is 16.0 Å². The summed E-state index contributed by atoms with van der Waals surface area (Å²) in [5.41, 5.74) is 12.4. The summed E-state index contributed by atoms with van der Waals surface area (Å²) in [4.78, 5) is 27.5. The number of carbonyl (C=O) groups is 2. The van der Waals surface area contributed by atoms with Crippen molar-refractivity contribution in [3.8, 4) is 6.07 Å². The summed E-state index contributed by atoms with van der Waals surface area (Å²) in [5, 5.41) is 17.1. The third-order valence-electron chi connectivity index (χ3n) is 4.08. The van der Waals surface area contributed by atoms with Gasteiger partial charge in [0.05, 0.1) is 24.3 Å². The van der Waals surface area contributed by atoms with Gasteiger partial charge in [-0.15, -0.1) is 0 Å². The minimum atomic E-state index is -0.202. The van der Waals surface area contributed by atoms with Crippen LogP contribution in [0.15, 0.2) is 29.3 Å². The van der Waals surface area contributed by atoms with Crippen molar-refractivity contribution >= 4 is 23.5 Å². The van der Waals surface area contributed by atoms with E-state index in [2.05, 4.69) is 27.0 Å². The number of hydrogen-bond donors (Lipinski definition) is 5. The fourth-order valence-electron chi connectivity index (χ4n) is 2.51. The number of nitrogens with two attached hydrogens (primary N) is 2. The summed E-state index contributed by atoms with van der Waals surface area (Å²) in [6.45, 7) is 3.07. The molecule has 0 saturated heterocycles. The molecule has 0 bridgehead atoms. The van der Waals surface area contributed by atoms with Crippen LogP contribution in [-0.2, 0) is 16.0 Å². The Morgan fingerprint density at radius 3 is 2.41 bits per heavy atom. The number of nitriles is 1. The molecular weight excluding hydrogens is 370 g/mol. The maximum atomic E-state index is 11.8. The van der Waals surface area contributed by atoms with Crippen molar-refractivity contribution in [3.05, 3.63) is 29.8 Å². The third kappa shape index (κ3) is 12.0. The van der Waals surface area contributed by atoms with Gasteiger partial charge in [-0.05, 0) is 56.8 Å². The SMILES string of the molecule is CC(C#N)NCCCCNC(=O)CNC(=O)CCCc1ccc(N=C(N)N)cc1. The van der Waals surface area contributed by atoms with E-state index in [1.54, 1.807) is 6.92 Å². The average Bonchev–Trinajstić information content (AvgIpc) is 2.69. The third-order valence-corrected chi connectivity index (χ3v) is 4.08. The number of nitrogens with zero attached hydrogens (tertiary/aromatic N) is 2. The quantitative estimate of drug-likeness (QED) is 0.183. The van der Waals surface area contributed by atoms with Crippen LogP contribution in [0.1, 0.15) is 38.2 Å². The van der Waals surface area contributed by atoms with Crippen LogP contribution < -0.4 is 27.4 Å². The van der Waals surface area contributed by atoms with E-state index in [9.17, 15) is 9.59 Å². The molecule has 0 aliphatic carbocycles. The molecule has 9 nitrogen and oxygen atoms in total. The molecular formula is C20H31N7O2. The van der Waals surface area contributed by atoms with E-state index >= 15 is 0 Å². The van der Waals surface area contributed by atoms with E-state index in [0.717, 1.165) is 31.4 Å². The van der Waals surface area contributed by atoms with Gasteiger partial charge in [-0.3, -0.25) is 9.59 Å². The Morgan fingerprint density at radius 2 is 1.76 bits per heavy atom. The lowest BCUT2D eigenvalue weighted by atomic mass is 10.1. The molecule has 1 rings (SSSR count). The van der Waals surface area contributed by atoms with E-state index in [0.29, 0.717) is 25.1 Å². The lowest BCUT2D eigenvalue weighted by Gasteiger charge is -2.08. The maximum absolute atomic E-state index is 11.8. The molecule has 0 heterocycles. The summed E-state index contributed by atoms with van der Waals surface area (Å²) < 4.78 is 0. The highest BCUT2D eigenvalue weighted by Crippen LogP contribution is 2.14. The van der Waals surface area contributed by atoms with Gasteiger partial charge in [0, 0.05) is 13.0 Å². The molecule has 1 atom stereocenters. The maximum Gasteiger partial charge on any atom is 0.239 e. The average molecular weight is 402 g/mol. The second kappa shape index (κ2) is 14.0. The molecule has 7 N–H and O–H groups in total. The van der Waals surface area contributed by atoms with Crippen LogP contribution in [0.3, 0.4) is 0 Å². The minimum absolute atomic E-state index is 0.0145. The van der Waals surface area contributed by atoms with Gasteiger partial charge in [-0.2, -0.15) is 5.26 Å². The Bertz CT molecular complexity index is 707. The van der Waals surface area contributed by atoms with E-state index < -0.39 is 0 Å². The predicted molar refractivity (Wildman–Crippen MR) is 113 cm³/mol. The van der Waals surface area contributed by atoms with E-state index in [1.807, 2.05) is 24.3 Å². The fraction of sp³-hybridized carbons (Fsp3) is 0.500. The van der Waals surface area contributed by atoms with Crippen LogP contribution >= 0.6 is 0 Å². The first-order chi connectivity index (χ1) is 13.9. The normalized spacial score (nSPS) is 11.2. The summed E-state index contributed by atoms with van der Waals surface area (Å²) in [6, 6.07) is 9.41. The van der Waals surface area contributed by atoms with Gasteiger partial charge in [-0.1, -0.05) is 12.1 Å².